The standard InChI is InChI=1S/C19H24FN3O/c20-17-5-1-4-15(12-17)18-16(13-21-22-18)14-23-9-2-6-19(8-10-23)7-3-11-24-19/h1,4-5,12-13H,2-3,6-11,14H2,(H,21,22)/t19-/m0/s1. The zero-order valence-corrected chi connectivity index (χ0v) is 13.9. The predicted molar refractivity (Wildman–Crippen MR) is 91.0 cm³/mol. The summed E-state index contributed by atoms with van der Waals surface area (Å²) < 4.78 is 19.6. The molecule has 128 valence electrons. The average molecular weight is 329 g/mol. The molecular weight excluding hydrogens is 305 g/mol. The van der Waals surface area contributed by atoms with Gasteiger partial charge < -0.3 is 4.74 Å². The molecule has 2 aliphatic heterocycles. The maximum atomic E-state index is 13.5. The largest absolute Gasteiger partial charge is 0.375 e. The van der Waals surface area contributed by atoms with Gasteiger partial charge in [0.25, 0.3) is 0 Å². The molecule has 1 spiro atoms. The van der Waals surface area contributed by atoms with E-state index >= 15 is 0 Å². The van der Waals surface area contributed by atoms with Crippen molar-refractivity contribution in [3.63, 3.8) is 0 Å². The van der Waals surface area contributed by atoms with Crippen molar-refractivity contribution < 1.29 is 9.13 Å². The lowest BCUT2D eigenvalue weighted by Crippen LogP contribution is -2.30. The first kappa shape index (κ1) is 15.8. The van der Waals surface area contributed by atoms with Crippen LogP contribution in [0.3, 0.4) is 0 Å². The molecule has 0 bridgehead atoms. The molecule has 2 aliphatic rings. The van der Waals surface area contributed by atoms with Crippen LogP contribution in [0.4, 0.5) is 4.39 Å². The molecular formula is C19H24FN3O. The number of hydrogen-bond donors (Lipinski definition) is 1. The van der Waals surface area contributed by atoms with Gasteiger partial charge in [0.05, 0.1) is 17.5 Å². The van der Waals surface area contributed by atoms with Gasteiger partial charge in [-0.05, 0) is 50.8 Å². The van der Waals surface area contributed by atoms with Crippen molar-refractivity contribution in [1.82, 2.24) is 15.1 Å². The normalized spacial score (nSPS) is 25.2. The summed E-state index contributed by atoms with van der Waals surface area (Å²) in [4.78, 5) is 2.48. The third kappa shape index (κ3) is 3.23. The fourth-order valence-corrected chi connectivity index (χ4v) is 4.10. The maximum absolute atomic E-state index is 13.5. The molecule has 4 nitrogen and oxygen atoms in total. The molecule has 0 unspecified atom stereocenters. The van der Waals surface area contributed by atoms with Crippen molar-refractivity contribution in [1.29, 1.82) is 0 Å². The molecule has 1 aromatic heterocycles. The minimum absolute atomic E-state index is 0.135. The smallest absolute Gasteiger partial charge is 0.123 e. The Balaban J connectivity index is 1.47. The number of H-pyrrole nitrogens is 1. The molecule has 1 aromatic carbocycles. The molecule has 3 heterocycles. The molecule has 0 aliphatic carbocycles. The van der Waals surface area contributed by atoms with E-state index in [1.54, 1.807) is 12.1 Å². The number of nitrogens with one attached hydrogen (secondary N) is 1. The Labute approximate surface area is 142 Å². The Hall–Kier alpha value is -1.72. The van der Waals surface area contributed by atoms with Crippen LogP contribution in [-0.2, 0) is 11.3 Å². The number of rotatable bonds is 3. The Morgan fingerprint density at radius 2 is 2.12 bits per heavy atom. The van der Waals surface area contributed by atoms with E-state index < -0.39 is 0 Å². The first-order chi connectivity index (χ1) is 11.7. The van der Waals surface area contributed by atoms with E-state index in [9.17, 15) is 4.39 Å². The number of likely N-dealkylation sites (tertiary alicyclic amines) is 1. The van der Waals surface area contributed by atoms with Gasteiger partial charge in [-0.2, -0.15) is 5.10 Å². The first-order valence-electron chi connectivity index (χ1n) is 8.89. The summed E-state index contributed by atoms with van der Waals surface area (Å²) in [5, 5.41) is 7.22. The molecule has 4 rings (SSSR count). The van der Waals surface area contributed by atoms with Crippen LogP contribution < -0.4 is 0 Å². The highest BCUT2D eigenvalue weighted by molar-refractivity contribution is 5.62. The van der Waals surface area contributed by atoms with Crippen LogP contribution in [0, 0.1) is 5.82 Å². The fourth-order valence-electron chi connectivity index (χ4n) is 4.10. The monoisotopic (exact) mass is 329 g/mol. The second-order valence-corrected chi connectivity index (χ2v) is 7.05. The summed E-state index contributed by atoms with van der Waals surface area (Å²) in [6.07, 6.45) is 7.73. The summed E-state index contributed by atoms with van der Waals surface area (Å²) in [6.45, 7) is 3.90. The minimum atomic E-state index is -0.219. The van der Waals surface area contributed by atoms with Gasteiger partial charge in [0.15, 0.2) is 0 Å². The van der Waals surface area contributed by atoms with E-state index in [2.05, 4.69) is 15.1 Å². The Kier molecular flexibility index (Phi) is 4.37. The van der Waals surface area contributed by atoms with Gasteiger partial charge in [-0.15, -0.1) is 0 Å². The summed E-state index contributed by atoms with van der Waals surface area (Å²) in [6, 6.07) is 6.68. The van der Waals surface area contributed by atoms with Crippen LogP contribution >= 0.6 is 0 Å². The Morgan fingerprint density at radius 1 is 1.21 bits per heavy atom. The van der Waals surface area contributed by atoms with Crippen molar-refractivity contribution in [3.05, 3.63) is 41.8 Å². The van der Waals surface area contributed by atoms with Gasteiger partial charge >= 0.3 is 0 Å². The number of halogens is 1. The molecule has 5 heteroatoms. The van der Waals surface area contributed by atoms with E-state index in [-0.39, 0.29) is 11.4 Å². The predicted octanol–water partition coefficient (Wildman–Crippen LogP) is 3.75. The van der Waals surface area contributed by atoms with Crippen LogP contribution in [0.1, 0.15) is 37.7 Å². The molecule has 0 radical (unpaired) electrons. The van der Waals surface area contributed by atoms with Crippen molar-refractivity contribution in [2.24, 2.45) is 0 Å². The number of ether oxygens (including phenoxy) is 1. The van der Waals surface area contributed by atoms with Crippen molar-refractivity contribution >= 4 is 0 Å². The first-order valence-corrected chi connectivity index (χ1v) is 8.89. The summed E-state index contributed by atoms with van der Waals surface area (Å²) in [5.74, 6) is -0.219. The second-order valence-electron chi connectivity index (χ2n) is 7.05. The summed E-state index contributed by atoms with van der Waals surface area (Å²) in [5.41, 5.74) is 3.04. The summed E-state index contributed by atoms with van der Waals surface area (Å²) in [7, 11) is 0. The van der Waals surface area contributed by atoms with E-state index in [0.717, 1.165) is 49.5 Å². The highest BCUT2D eigenvalue weighted by Crippen LogP contribution is 2.36. The lowest BCUT2D eigenvalue weighted by atomic mass is 9.92. The van der Waals surface area contributed by atoms with Crippen LogP contribution in [-0.4, -0.2) is 40.4 Å². The van der Waals surface area contributed by atoms with Crippen molar-refractivity contribution in [3.8, 4) is 11.3 Å². The van der Waals surface area contributed by atoms with Crippen LogP contribution in [0.25, 0.3) is 11.3 Å². The zero-order chi connectivity index (χ0) is 16.4. The Bertz CT molecular complexity index is 693. The fraction of sp³-hybridized carbons (Fsp3) is 0.526. The lowest BCUT2D eigenvalue weighted by molar-refractivity contribution is -0.00737. The maximum Gasteiger partial charge on any atom is 0.123 e. The van der Waals surface area contributed by atoms with E-state index in [1.807, 2.05) is 12.3 Å². The Morgan fingerprint density at radius 3 is 2.96 bits per heavy atom. The third-order valence-electron chi connectivity index (χ3n) is 5.40. The zero-order valence-electron chi connectivity index (χ0n) is 13.9. The number of aromatic amines is 1. The molecule has 1 atom stereocenters. The molecule has 0 saturated carbocycles. The lowest BCUT2D eigenvalue weighted by Gasteiger charge is -2.27. The highest BCUT2D eigenvalue weighted by atomic mass is 19.1. The van der Waals surface area contributed by atoms with Gasteiger partial charge in [0.2, 0.25) is 0 Å². The molecule has 1 N–H and O–H groups in total. The number of benzene rings is 1. The van der Waals surface area contributed by atoms with E-state index in [0.29, 0.717) is 0 Å². The third-order valence-corrected chi connectivity index (χ3v) is 5.40. The summed E-state index contributed by atoms with van der Waals surface area (Å²) >= 11 is 0. The quantitative estimate of drug-likeness (QED) is 0.932. The highest BCUT2D eigenvalue weighted by Gasteiger charge is 2.36. The van der Waals surface area contributed by atoms with Gasteiger partial charge in [-0.1, -0.05) is 12.1 Å². The van der Waals surface area contributed by atoms with Gasteiger partial charge in [0.1, 0.15) is 5.82 Å². The van der Waals surface area contributed by atoms with E-state index in [1.165, 1.54) is 31.7 Å². The van der Waals surface area contributed by atoms with Crippen molar-refractivity contribution in [2.45, 2.75) is 44.2 Å². The molecule has 2 fully saturated rings. The molecule has 2 aromatic rings. The second kappa shape index (κ2) is 6.65. The number of hydrogen-bond acceptors (Lipinski definition) is 3. The molecule has 24 heavy (non-hydrogen) atoms. The van der Waals surface area contributed by atoms with Crippen molar-refractivity contribution in [2.75, 3.05) is 19.7 Å². The van der Waals surface area contributed by atoms with Gasteiger partial charge in [0, 0.05) is 30.8 Å². The van der Waals surface area contributed by atoms with Crippen LogP contribution in [0.5, 0.6) is 0 Å². The number of nitrogens with zero attached hydrogens (tertiary/aromatic N) is 2. The minimum Gasteiger partial charge on any atom is -0.375 e. The van der Waals surface area contributed by atoms with Crippen LogP contribution in [0.2, 0.25) is 0 Å². The average Bonchev–Trinajstić information content (AvgIpc) is 3.17. The van der Waals surface area contributed by atoms with Gasteiger partial charge in [-0.3, -0.25) is 10.00 Å². The topological polar surface area (TPSA) is 41.2 Å². The molecule has 0 amide bonds. The SMILES string of the molecule is Fc1cccc(-c2[nH]ncc2CN2CCC[C@]3(CCCO3)CC2)c1. The van der Waals surface area contributed by atoms with Crippen LogP contribution in [0.15, 0.2) is 30.5 Å². The molecule has 2 saturated heterocycles. The number of aromatic nitrogens is 2. The van der Waals surface area contributed by atoms with Gasteiger partial charge in [-0.25, -0.2) is 4.39 Å². The van der Waals surface area contributed by atoms with E-state index in [4.69, 9.17) is 4.74 Å².